The Hall–Kier alpha value is -1.26. The number of hydrogen-bond acceptors (Lipinski definition) is 3. The van der Waals surface area contributed by atoms with Crippen molar-refractivity contribution in [2.45, 2.75) is 0 Å². The third kappa shape index (κ3) is 2.18. The number of fused-ring (bicyclic) bond motifs is 3. The van der Waals surface area contributed by atoms with E-state index in [4.69, 9.17) is 5.73 Å². The van der Waals surface area contributed by atoms with E-state index in [-0.39, 0.29) is 0 Å². The van der Waals surface area contributed by atoms with Crippen molar-refractivity contribution in [1.29, 1.82) is 0 Å². The summed E-state index contributed by atoms with van der Waals surface area (Å²) in [6.07, 6.45) is 0. The number of nitrogens with two attached hydrogens (primary N) is 1. The molecule has 2 bridgehead atoms. The predicted octanol–water partition coefficient (Wildman–Crippen LogP) is 0.809. The predicted molar refractivity (Wildman–Crippen MR) is 75.4 cm³/mol. The number of quaternary nitrogens is 1. The highest BCUT2D eigenvalue weighted by Crippen LogP contribution is 2.22. The largest absolute Gasteiger partial charge is 0.399 e. The van der Waals surface area contributed by atoms with Crippen molar-refractivity contribution in [3.63, 3.8) is 0 Å². The molecule has 3 fully saturated rings. The van der Waals surface area contributed by atoms with Gasteiger partial charge in [-0.1, -0.05) is 0 Å². The third-order valence-electron chi connectivity index (χ3n) is 4.52. The Morgan fingerprint density at radius 1 is 1.11 bits per heavy atom. The van der Waals surface area contributed by atoms with Gasteiger partial charge >= 0.3 is 0 Å². The zero-order valence-corrected chi connectivity index (χ0v) is 11.2. The van der Waals surface area contributed by atoms with Gasteiger partial charge in [-0.3, -0.25) is 4.90 Å². The first-order valence-corrected chi connectivity index (χ1v) is 6.81. The van der Waals surface area contributed by atoms with Crippen LogP contribution < -0.4 is 10.6 Å². The molecule has 0 atom stereocenters. The summed E-state index contributed by atoms with van der Waals surface area (Å²) in [5, 5.41) is 0. The summed E-state index contributed by atoms with van der Waals surface area (Å²) in [4.78, 5) is 4.96. The first-order valence-electron chi connectivity index (χ1n) is 6.81. The van der Waals surface area contributed by atoms with Crippen LogP contribution in [0.2, 0.25) is 0 Å². The van der Waals surface area contributed by atoms with Gasteiger partial charge in [-0.15, -0.1) is 0 Å². The number of hydrogen-bond donors (Lipinski definition) is 1. The molecule has 3 aliphatic heterocycles. The maximum atomic E-state index is 5.74. The Labute approximate surface area is 109 Å². The van der Waals surface area contributed by atoms with Crippen LogP contribution in [-0.2, 0) is 0 Å². The molecule has 0 aromatic heterocycles. The Kier molecular flexibility index (Phi) is 2.92. The minimum absolute atomic E-state index is 0.839. The van der Waals surface area contributed by atoms with Gasteiger partial charge in [0.25, 0.3) is 0 Å². The molecule has 1 aromatic rings. The normalized spacial score (nSPS) is 30.4. The Morgan fingerprint density at radius 2 is 1.67 bits per heavy atom. The highest BCUT2D eigenvalue weighted by atomic mass is 15.5. The Morgan fingerprint density at radius 3 is 2.22 bits per heavy atom. The fraction of sp³-hybridized carbons (Fsp3) is 0.571. The Bertz CT molecular complexity index is 393. The average molecular weight is 247 g/mol. The van der Waals surface area contributed by atoms with Crippen LogP contribution in [-0.4, -0.2) is 62.4 Å². The van der Waals surface area contributed by atoms with Crippen molar-refractivity contribution in [3.05, 3.63) is 24.3 Å². The molecule has 0 radical (unpaired) electrons. The summed E-state index contributed by atoms with van der Waals surface area (Å²) in [7, 11) is 2.19. The van der Waals surface area contributed by atoms with E-state index in [0.29, 0.717) is 0 Å². The van der Waals surface area contributed by atoms with Crippen LogP contribution in [0, 0.1) is 0 Å². The van der Waals surface area contributed by atoms with Crippen molar-refractivity contribution >= 4 is 11.4 Å². The van der Waals surface area contributed by atoms with E-state index in [2.05, 4.69) is 29.0 Å². The van der Waals surface area contributed by atoms with Crippen LogP contribution >= 0.6 is 0 Å². The lowest BCUT2D eigenvalue weighted by Gasteiger charge is -2.51. The van der Waals surface area contributed by atoms with E-state index in [1.807, 2.05) is 12.1 Å². The molecule has 0 saturated carbocycles. The van der Waals surface area contributed by atoms with E-state index in [9.17, 15) is 0 Å². The lowest BCUT2D eigenvalue weighted by molar-refractivity contribution is -0.940. The average Bonchev–Trinajstić information content (AvgIpc) is 2.41. The van der Waals surface area contributed by atoms with Gasteiger partial charge in [0.15, 0.2) is 6.67 Å². The second-order valence-corrected chi connectivity index (χ2v) is 5.79. The van der Waals surface area contributed by atoms with Crippen LogP contribution in [0.3, 0.4) is 0 Å². The minimum atomic E-state index is 0.839. The number of benzene rings is 1. The zero-order valence-electron chi connectivity index (χ0n) is 11.2. The number of nitrogens with zero attached hydrogens (tertiary/aromatic N) is 3. The number of anilines is 2. The van der Waals surface area contributed by atoms with E-state index < -0.39 is 0 Å². The molecule has 4 nitrogen and oxygen atoms in total. The number of rotatable bonds is 3. The van der Waals surface area contributed by atoms with Gasteiger partial charge in [0.05, 0.1) is 19.6 Å². The van der Waals surface area contributed by atoms with E-state index in [0.717, 1.165) is 12.4 Å². The molecule has 98 valence electrons. The molecule has 2 N–H and O–H groups in total. The molecule has 18 heavy (non-hydrogen) atoms. The molecule has 0 amide bonds. The van der Waals surface area contributed by atoms with E-state index >= 15 is 0 Å². The molecule has 3 saturated heterocycles. The molecular formula is C14H23N4+. The second-order valence-electron chi connectivity index (χ2n) is 5.79. The van der Waals surface area contributed by atoms with Gasteiger partial charge in [-0.25, -0.2) is 0 Å². The second kappa shape index (κ2) is 4.44. The lowest BCUT2D eigenvalue weighted by atomic mass is 10.1. The first kappa shape index (κ1) is 11.8. The number of piperazine rings is 3. The maximum absolute atomic E-state index is 5.74. The highest BCUT2D eigenvalue weighted by molar-refractivity contribution is 5.52. The van der Waals surface area contributed by atoms with Crippen molar-refractivity contribution in [1.82, 2.24) is 4.90 Å². The van der Waals surface area contributed by atoms with E-state index in [1.165, 1.54) is 49.4 Å². The molecule has 0 spiro atoms. The highest BCUT2D eigenvalue weighted by Gasteiger charge is 2.38. The summed E-state index contributed by atoms with van der Waals surface area (Å²) in [6.45, 7) is 8.86. The SMILES string of the molecule is CN(C[N+]12CCN(CC1)CC2)c1ccc(N)cc1. The van der Waals surface area contributed by atoms with Gasteiger partial charge in [0.1, 0.15) is 0 Å². The van der Waals surface area contributed by atoms with Gasteiger partial charge in [-0.05, 0) is 24.3 Å². The smallest absolute Gasteiger partial charge is 0.154 e. The molecule has 4 heteroatoms. The van der Waals surface area contributed by atoms with Crippen LogP contribution in [0.5, 0.6) is 0 Å². The summed E-state index contributed by atoms with van der Waals surface area (Å²) >= 11 is 0. The topological polar surface area (TPSA) is 32.5 Å². The van der Waals surface area contributed by atoms with Gasteiger partial charge in [0.2, 0.25) is 0 Å². The molecule has 0 unspecified atom stereocenters. The van der Waals surface area contributed by atoms with Crippen LogP contribution in [0.15, 0.2) is 24.3 Å². The molecule has 4 rings (SSSR count). The van der Waals surface area contributed by atoms with Crippen molar-refractivity contribution in [2.75, 3.05) is 63.6 Å². The third-order valence-corrected chi connectivity index (χ3v) is 4.52. The molecule has 3 aliphatic rings. The summed E-state index contributed by atoms with van der Waals surface area (Å²) in [6, 6.07) is 8.21. The summed E-state index contributed by atoms with van der Waals surface area (Å²) in [5.74, 6) is 0. The van der Waals surface area contributed by atoms with Crippen LogP contribution in [0.4, 0.5) is 11.4 Å². The summed E-state index contributed by atoms with van der Waals surface area (Å²) in [5.41, 5.74) is 7.85. The maximum Gasteiger partial charge on any atom is 0.154 e. The molecule has 3 heterocycles. The molecular weight excluding hydrogens is 224 g/mol. The zero-order chi connectivity index (χ0) is 12.6. The fourth-order valence-corrected chi connectivity index (χ4v) is 3.20. The minimum Gasteiger partial charge on any atom is -0.399 e. The van der Waals surface area contributed by atoms with Gasteiger partial charge < -0.3 is 15.1 Å². The quantitative estimate of drug-likeness (QED) is 0.634. The lowest BCUT2D eigenvalue weighted by Crippen LogP contribution is -2.69. The first-order chi connectivity index (χ1) is 8.67. The standard InChI is InChI=1S/C14H23N4/c1-16(14-4-2-13(15)3-5-14)12-18-9-6-17(7-10-18)8-11-18/h2-5H,6-12,15H2,1H3/q+1. The van der Waals surface area contributed by atoms with Crippen LogP contribution in [0.1, 0.15) is 0 Å². The molecule has 1 aromatic carbocycles. The van der Waals surface area contributed by atoms with Gasteiger partial charge in [0, 0.05) is 38.1 Å². The summed E-state index contributed by atoms with van der Waals surface area (Å²) < 4.78 is 1.26. The van der Waals surface area contributed by atoms with E-state index in [1.54, 1.807) is 0 Å². The van der Waals surface area contributed by atoms with Crippen molar-refractivity contribution < 1.29 is 4.48 Å². The van der Waals surface area contributed by atoms with Crippen LogP contribution in [0.25, 0.3) is 0 Å². The van der Waals surface area contributed by atoms with Crippen molar-refractivity contribution in [3.8, 4) is 0 Å². The molecule has 0 aliphatic carbocycles. The Balaban J connectivity index is 1.70. The van der Waals surface area contributed by atoms with Gasteiger partial charge in [-0.2, -0.15) is 0 Å². The van der Waals surface area contributed by atoms with Crippen molar-refractivity contribution in [2.24, 2.45) is 0 Å². The number of nitrogen functional groups attached to an aromatic ring is 1. The monoisotopic (exact) mass is 247 g/mol. The fourth-order valence-electron chi connectivity index (χ4n) is 3.20.